The Balaban J connectivity index is 2.14. The summed E-state index contributed by atoms with van der Waals surface area (Å²) in [5.41, 5.74) is 10.9. The van der Waals surface area contributed by atoms with Gasteiger partial charge in [0.05, 0.1) is 5.41 Å². The Labute approximate surface area is 114 Å². The fraction of sp³-hybridized carbons (Fsp3) is 0.857. The van der Waals surface area contributed by atoms with E-state index in [1.807, 2.05) is 0 Å². The van der Waals surface area contributed by atoms with Gasteiger partial charge in [-0.2, -0.15) is 0 Å². The molecule has 1 saturated carbocycles. The zero-order chi connectivity index (χ0) is 14.0. The van der Waals surface area contributed by atoms with Gasteiger partial charge in [-0.15, -0.1) is 0 Å². The fourth-order valence-electron chi connectivity index (χ4n) is 3.43. The molecule has 2 rings (SSSR count). The van der Waals surface area contributed by atoms with Crippen LogP contribution in [0.15, 0.2) is 0 Å². The number of carbonyl (C=O) groups is 2. The average Bonchev–Trinajstić information content (AvgIpc) is 2.88. The summed E-state index contributed by atoms with van der Waals surface area (Å²) in [6.07, 6.45) is 5.31. The molecule has 5 nitrogen and oxygen atoms in total. The largest absolute Gasteiger partial charge is 0.368 e. The van der Waals surface area contributed by atoms with Crippen molar-refractivity contribution in [2.75, 3.05) is 13.1 Å². The highest BCUT2D eigenvalue weighted by Crippen LogP contribution is 2.40. The van der Waals surface area contributed by atoms with Crippen LogP contribution in [0, 0.1) is 11.3 Å². The lowest BCUT2D eigenvalue weighted by molar-refractivity contribution is -0.148. The first-order chi connectivity index (χ1) is 9.00. The van der Waals surface area contributed by atoms with E-state index in [9.17, 15) is 9.59 Å². The van der Waals surface area contributed by atoms with E-state index in [2.05, 4.69) is 6.92 Å². The Bertz CT molecular complexity index is 362. The minimum absolute atomic E-state index is 0.0585. The molecule has 0 bridgehead atoms. The molecule has 2 fully saturated rings. The smallest absolute Gasteiger partial charge is 0.240 e. The number of nitrogens with zero attached hydrogens (tertiary/aromatic N) is 1. The second kappa shape index (κ2) is 5.49. The lowest BCUT2D eigenvalue weighted by atomic mass is 9.70. The summed E-state index contributed by atoms with van der Waals surface area (Å²) in [5, 5.41) is 0. The van der Waals surface area contributed by atoms with Crippen molar-refractivity contribution in [2.24, 2.45) is 22.8 Å². The maximum absolute atomic E-state index is 12.8. The number of amides is 2. The van der Waals surface area contributed by atoms with E-state index in [-0.39, 0.29) is 11.8 Å². The Hall–Kier alpha value is -1.10. The number of hydrogen-bond donors (Lipinski definition) is 2. The Kier molecular flexibility index (Phi) is 4.13. The molecular weight excluding hydrogens is 242 g/mol. The van der Waals surface area contributed by atoms with Gasteiger partial charge in [0.1, 0.15) is 6.04 Å². The fourth-order valence-corrected chi connectivity index (χ4v) is 3.43. The summed E-state index contributed by atoms with van der Waals surface area (Å²) in [6, 6.07) is -0.421. The molecule has 4 N–H and O–H groups in total. The van der Waals surface area contributed by atoms with Gasteiger partial charge >= 0.3 is 0 Å². The minimum atomic E-state index is -0.454. The number of carbonyl (C=O) groups excluding carboxylic acids is 2. The van der Waals surface area contributed by atoms with Crippen molar-refractivity contribution in [2.45, 2.75) is 51.5 Å². The molecule has 0 spiro atoms. The van der Waals surface area contributed by atoms with Crippen LogP contribution in [0.25, 0.3) is 0 Å². The molecule has 0 aromatic carbocycles. The number of rotatable bonds is 3. The first kappa shape index (κ1) is 14.3. The van der Waals surface area contributed by atoms with E-state index in [4.69, 9.17) is 11.5 Å². The minimum Gasteiger partial charge on any atom is -0.368 e. The van der Waals surface area contributed by atoms with Crippen molar-refractivity contribution in [3.63, 3.8) is 0 Å². The Morgan fingerprint density at radius 3 is 2.42 bits per heavy atom. The zero-order valence-corrected chi connectivity index (χ0v) is 11.7. The second-order valence-corrected chi connectivity index (χ2v) is 6.23. The lowest BCUT2D eigenvalue weighted by Gasteiger charge is -2.40. The van der Waals surface area contributed by atoms with Crippen LogP contribution in [0.3, 0.4) is 0 Å². The molecule has 1 unspecified atom stereocenters. The van der Waals surface area contributed by atoms with Crippen molar-refractivity contribution in [3.8, 4) is 0 Å². The highest BCUT2D eigenvalue weighted by atomic mass is 16.2. The van der Waals surface area contributed by atoms with Crippen LogP contribution >= 0.6 is 0 Å². The van der Waals surface area contributed by atoms with E-state index in [1.165, 1.54) is 0 Å². The number of hydrogen-bond acceptors (Lipinski definition) is 3. The van der Waals surface area contributed by atoms with Crippen LogP contribution in [-0.2, 0) is 9.59 Å². The molecule has 2 amide bonds. The third-order valence-electron chi connectivity index (χ3n) is 4.92. The Morgan fingerprint density at radius 2 is 1.89 bits per heavy atom. The molecule has 2 aliphatic rings. The van der Waals surface area contributed by atoms with Gasteiger partial charge in [0.25, 0.3) is 0 Å². The standard InChI is InChI=1S/C14H25N3O2/c1-10-4-6-14(9-15,7-5-10)13(19)17-8-2-3-11(17)12(16)18/h10-11H,2-9,15H2,1H3,(H2,16,18). The first-order valence-electron chi connectivity index (χ1n) is 7.30. The van der Waals surface area contributed by atoms with Gasteiger partial charge in [-0.3, -0.25) is 9.59 Å². The maximum atomic E-state index is 12.8. The summed E-state index contributed by atoms with van der Waals surface area (Å²) in [5.74, 6) is 0.336. The molecule has 0 aromatic rings. The van der Waals surface area contributed by atoms with E-state index < -0.39 is 11.5 Å². The van der Waals surface area contributed by atoms with Gasteiger partial charge in [-0.25, -0.2) is 0 Å². The van der Waals surface area contributed by atoms with Crippen molar-refractivity contribution in [3.05, 3.63) is 0 Å². The highest BCUT2D eigenvalue weighted by molar-refractivity contribution is 5.90. The average molecular weight is 267 g/mol. The van der Waals surface area contributed by atoms with Crippen molar-refractivity contribution >= 4 is 11.8 Å². The van der Waals surface area contributed by atoms with Crippen LogP contribution < -0.4 is 11.5 Å². The van der Waals surface area contributed by atoms with E-state index in [1.54, 1.807) is 4.90 Å². The third-order valence-corrected chi connectivity index (χ3v) is 4.92. The lowest BCUT2D eigenvalue weighted by Crippen LogP contribution is -2.53. The van der Waals surface area contributed by atoms with E-state index in [0.717, 1.165) is 32.1 Å². The van der Waals surface area contributed by atoms with Gasteiger partial charge in [0, 0.05) is 13.1 Å². The van der Waals surface area contributed by atoms with Crippen LogP contribution in [0.1, 0.15) is 45.4 Å². The zero-order valence-electron chi connectivity index (χ0n) is 11.7. The molecule has 1 saturated heterocycles. The number of primary amides is 1. The van der Waals surface area contributed by atoms with Crippen molar-refractivity contribution in [1.82, 2.24) is 4.90 Å². The molecule has 1 aliphatic heterocycles. The number of likely N-dealkylation sites (tertiary alicyclic amines) is 1. The summed E-state index contributed by atoms with van der Waals surface area (Å²) in [7, 11) is 0. The maximum Gasteiger partial charge on any atom is 0.240 e. The summed E-state index contributed by atoms with van der Waals surface area (Å²) < 4.78 is 0. The summed E-state index contributed by atoms with van der Waals surface area (Å²) in [4.78, 5) is 25.9. The van der Waals surface area contributed by atoms with Gasteiger partial charge in [-0.1, -0.05) is 6.92 Å². The Morgan fingerprint density at radius 1 is 1.26 bits per heavy atom. The SMILES string of the molecule is CC1CCC(CN)(C(=O)N2CCCC2C(N)=O)CC1. The summed E-state index contributed by atoms with van der Waals surface area (Å²) >= 11 is 0. The van der Waals surface area contributed by atoms with Crippen LogP contribution in [0.5, 0.6) is 0 Å². The second-order valence-electron chi connectivity index (χ2n) is 6.23. The third kappa shape index (κ3) is 2.61. The molecule has 1 atom stereocenters. The molecule has 1 heterocycles. The van der Waals surface area contributed by atoms with Crippen molar-refractivity contribution in [1.29, 1.82) is 0 Å². The molecule has 1 aliphatic carbocycles. The van der Waals surface area contributed by atoms with Gasteiger partial charge in [0.2, 0.25) is 11.8 Å². The van der Waals surface area contributed by atoms with Gasteiger partial charge in [-0.05, 0) is 44.4 Å². The van der Waals surface area contributed by atoms with Crippen LogP contribution in [-0.4, -0.2) is 35.8 Å². The predicted molar refractivity (Wildman–Crippen MR) is 73.0 cm³/mol. The highest BCUT2D eigenvalue weighted by Gasteiger charge is 2.45. The first-order valence-corrected chi connectivity index (χ1v) is 7.30. The molecule has 0 aromatic heterocycles. The monoisotopic (exact) mass is 267 g/mol. The molecule has 5 heteroatoms. The van der Waals surface area contributed by atoms with Crippen molar-refractivity contribution < 1.29 is 9.59 Å². The van der Waals surface area contributed by atoms with Gasteiger partial charge in [0.15, 0.2) is 0 Å². The molecule has 108 valence electrons. The van der Waals surface area contributed by atoms with Crippen LogP contribution in [0.2, 0.25) is 0 Å². The summed E-state index contributed by atoms with van der Waals surface area (Å²) in [6.45, 7) is 3.23. The van der Waals surface area contributed by atoms with Crippen LogP contribution in [0.4, 0.5) is 0 Å². The topological polar surface area (TPSA) is 89.4 Å². The normalized spacial score (nSPS) is 35.4. The molecule has 19 heavy (non-hydrogen) atoms. The van der Waals surface area contributed by atoms with E-state index in [0.29, 0.717) is 25.4 Å². The predicted octanol–water partition coefficient (Wildman–Crippen LogP) is 0.618. The van der Waals surface area contributed by atoms with E-state index >= 15 is 0 Å². The quantitative estimate of drug-likeness (QED) is 0.785. The van der Waals surface area contributed by atoms with Gasteiger partial charge < -0.3 is 16.4 Å². The number of nitrogens with two attached hydrogens (primary N) is 2. The molecular formula is C14H25N3O2. The molecule has 0 radical (unpaired) electrons.